The molecule has 0 bridgehead atoms. The van der Waals surface area contributed by atoms with Crippen LogP contribution in [-0.2, 0) is 17.8 Å². The molecule has 0 aliphatic carbocycles. The van der Waals surface area contributed by atoms with Gasteiger partial charge in [-0.15, -0.1) is 0 Å². The van der Waals surface area contributed by atoms with Crippen molar-refractivity contribution >= 4 is 5.97 Å². The maximum Gasteiger partial charge on any atom is 0.307 e. The molecule has 29 heavy (non-hydrogen) atoms. The lowest BCUT2D eigenvalue weighted by Gasteiger charge is -2.12. The molecule has 6 nitrogen and oxygen atoms in total. The highest BCUT2D eigenvalue weighted by atomic mass is 19.1. The molecule has 0 spiro atoms. The molecule has 0 aliphatic heterocycles. The highest BCUT2D eigenvalue weighted by Gasteiger charge is 2.11. The Hall–Kier alpha value is -3.92. The van der Waals surface area contributed by atoms with E-state index in [9.17, 15) is 14.4 Å². The van der Waals surface area contributed by atoms with Crippen LogP contribution in [-0.4, -0.2) is 16.1 Å². The van der Waals surface area contributed by atoms with Gasteiger partial charge in [0.25, 0.3) is 0 Å². The minimum absolute atomic E-state index is 0.0751. The minimum Gasteiger partial charge on any atom is -0.487 e. The maximum atomic E-state index is 13.6. The van der Waals surface area contributed by atoms with E-state index in [1.165, 1.54) is 24.4 Å². The monoisotopic (exact) mass is 392 g/mol. The fourth-order valence-corrected chi connectivity index (χ4v) is 2.64. The molecule has 0 saturated carbocycles. The van der Waals surface area contributed by atoms with Gasteiger partial charge in [-0.05, 0) is 54.4 Å². The first-order chi connectivity index (χ1) is 14.0. The highest BCUT2D eigenvalue weighted by Crippen LogP contribution is 2.30. The van der Waals surface area contributed by atoms with Gasteiger partial charge in [-0.1, -0.05) is 6.07 Å². The Bertz CT molecular complexity index is 1090. The summed E-state index contributed by atoms with van der Waals surface area (Å²) in [4.78, 5) is 14.9. The molecule has 146 valence electrons. The smallest absolute Gasteiger partial charge is 0.307 e. The number of carbonyl (C=O) groups is 1. The SMILES string of the molecule is Cc1ccc(Oc2ccc(OCc3ncccc3F)cc2C#N)cc1CC(=O)O. The van der Waals surface area contributed by atoms with Crippen molar-refractivity contribution in [2.45, 2.75) is 20.0 Å². The topological polar surface area (TPSA) is 92.4 Å². The van der Waals surface area contributed by atoms with E-state index < -0.39 is 11.8 Å². The maximum absolute atomic E-state index is 13.6. The molecular weight excluding hydrogens is 375 g/mol. The largest absolute Gasteiger partial charge is 0.487 e. The average Bonchev–Trinajstić information content (AvgIpc) is 2.70. The van der Waals surface area contributed by atoms with Crippen molar-refractivity contribution in [3.8, 4) is 23.3 Å². The molecule has 0 unspecified atom stereocenters. The molecule has 0 saturated heterocycles. The number of hydrogen-bond donors (Lipinski definition) is 1. The lowest BCUT2D eigenvalue weighted by atomic mass is 10.1. The van der Waals surface area contributed by atoms with Gasteiger partial charge < -0.3 is 14.6 Å². The van der Waals surface area contributed by atoms with Crippen LogP contribution in [0.2, 0.25) is 0 Å². The third-order valence-corrected chi connectivity index (χ3v) is 4.17. The van der Waals surface area contributed by atoms with E-state index in [0.717, 1.165) is 5.56 Å². The second kappa shape index (κ2) is 8.85. The molecule has 1 aromatic heterocycles. The van der Waals surface area contributed by atoms with E-state index in [1.807, 2.05) is 13.0 Å². The summed E-state index contributed by atoms with van der Waals surface area (Å²) in [6.45, 7) is 1.74. The van der Waals surface area contributed by atoms with Crippen LogP contribution in [0.1, 0.15) is 22.4 Å². The number of nitriles is 1. The molecule has 7 heteroatoms. The van der Waals surface area contributed by atoms with Gasteiger partial charge in [0.2, 0.25) is 0 Å². The number of pyridine rings is 1. The van der Waals surface area contributed by atoms with Gasteiger partial charge in [-0.3, -0.25) is 9.78 Å². The Balaban J connectivity index is 1.76. The number of aryl methyl sites for hydroxylation is 1. The summed E-state index contributed by atoms with van der Waals surface area (Å²) < 4.78 is 24.9. The molecule has 0 aliphatic rings. The van der Waals surface area contributed by atoms with E-state index in [4.69, 9.17) is 14.6 Å². The first kappa shape index (κ1) is 19.8. The standard InChI is InChI=1S/C22H17FN2O4/c1-14-4-5-18(9-15(14)11-22(26)27)29-21-7-6-17(10-16(21)12-24)28-13-20-19(23)3-2-8-25-20/h2-10H,11,13H2,1H3,(H,26,27). The van der Waals surface area contributed by atoms with Crippen molar-refractivity contribution < 1.29 is 23.8 Å². The summed E-state index contributed by atoms with van der Waals surface area (Å²) in [5.74, 6) is -0.311. The van der Waals surface area contributed by atoms with Crippen LogP contribution in [0.3, 0.4) is 0 Å². The van der Waals surface area contributed by atoms with Gasteiger partial charge in [0.15, 0.2) is 0 Å². The lowest BCUT2D eigenvalue weighted by Crippen LogP contribution is -2.02. The van der Waals surface area contributed by atoms with Crippen LogP contribution in [0.4, 0.5) is 4.39 Å². The Labute approximate surface area is 166 Å². The van der Waals surface area contributed by atoms with Crippen LogP contribution in [0.15, 0.2) is 54.7 Å². The molecule has 3 aromatic rings. The number of carboxylic acids is 1. The Kier molecular flexibility index (Phi) is 6.05. The van der Waals surface area contributed by atoms with Crippen LogP contribution in [0.25, 0.3) is 0 Å². The molecule has 0 amide bonds. The minimum atomic E-state index is -0.936. The fraction of sp³-hybridized carbons (Fsp3) is 0.136. The number of aromatic nitrogens is 1. The van der Waals surface area contributed by atoms with Crippen LogP contribution in [0.5, 0.6) is 17.2 Å². The van der Waals surface area contributed by atoms with Crippen molar-refractivity contribution in [2.24, 2.45) is 0 Å². The molecule has 0 radical (unpaired) electrons. The second-order valence-corrected chi connectivity index (χ2v) is 6.25. The first-order valence-electron chi connectivity index (χ1n) is 8.72. The number of ether oxygens (including phenoxy) is 2. The zero-order chi connectivity index (χ0) is 20.8. The van der Waals surface area contributed by atoms with Crippen LogP contribution in [0, 0.1) is 24.1 Å². The third kappa shape index (κ3) is 5.08. The van der Waals surface area contributed by atoms with Gasteiger partial charge in [-0.2, -0.15) is 5.26 Å². The van der Waals surface area contributed by atoms with Crippen LogP contribution < -0.4 is 9.47 Å². The number of halogens is 1. The highest BCUT2D eigenvalue weighted by molar-refractivity contribution is 5.71. The van der Waals surface area contributed by atoms with Gasteiger partial charge in [0.1, 0.15) is 41.4 Å². The Morgan fingerprint density at radius 2 is 2.00 bits per heavy atom. The molecule has 1 N–H and O–H groups in total. The lowest BCUT2D eigenvalue weighted by molar-refractivity contribution is -0.136. The average molecular weight is 392 g/mol. The second-order valence-electron chi connectivity index (χ2n) is 6.25. The summed E-state index contributed by atoms with van der Waals surface area (Å²) >= 11 is 0. The predicted octanol–water partition coefficient (Wildman–Crippen LogP) is 4.40. The summed E-state index contributed by atoms with van der Waals surface area (Å²) in [6.07, 6.45) is 1.35. The summed E-state index contributed by atoms with van der Waals surface area (Å²) in [5.41, 5.74) is 1.86. The van der Waals surface area contributed by atoms with E-state index in [0.29, 0.717) is 22.8 Å². The summed E-state index contributed by atoms with van der Waals surface area (Å²) in [5, 5.41) is 18.4. The number of aliphatic carboxylic acids is 1. The predicted molar refractivity (Wildman–Crippen MR) is 102 cm³/mol. The zero-order valence-corrected chi connectivity index (χ0v) is 15.6. The van der Waals surface area contributed by atoms with E-state index in [1.54, 1.807) is 30.3 Å². The summed E-state index contributed by atoms with van der Waals surface area (Å²) in [7, 11) is 0. The number of carboxylic acid groups (broad SMARTS) is 1. The van der Waals surface area contributed by atoms with Crippen LogP contribution >= 0.6 is 0 Å². The molecule has 2 aromatic carbocycles. The zero-order valence-electron chi connectivity index (χ0n) is 15.6. The number of rotatable bonds is 7. The third-order valence-electron chi connectivity index (χ3n) is 4.17. The van der Waals surface area contributed by atoms with E-state index >= 15 is 0 Å². The molecule has 0 fully saturated rings. The first-order valence-corrected chi connectivity index (χ1v) is 8.72. The summed E-state index contributed by atoms with van der Waals surface area (Å²) in [6, 6.07) is 14.6. The molecule has 3 rings (SSSR count). The van der Waals surface area contributed by atoms with Crippen molar-refractivity contribution in [1.29, 1.82) is 5.26 Å². The van der Waals surface area contributed by atoms with E-state index in [-0.39, 0.29) is 24.3 Å². The van der Waals surface area contributed by atoms with Gasteiger partial charge >= 0.3 is 5.97 Å². The van der Waals surface area contributed by atoms with Gasteiger partial charge in [-0.25, -0.2) is 4.39 Å². The van der Waals surface area contributed by atoms with E-state index in [2.05, 4.69) is 4.98 Å². The number of benzene rings is 2. The van der Waals surface area contributed by atoms with Crippen molar-refractivity contribution in [1.82, 2.24) is 4.98 Å². The fourth-order valence-electron chi connectivity index (χ4n) is 2.64. The van der Waals surface area contributed by atoms with Crippen molar-refractivity contribution in [3.05, 3.63) is 82.9 Å². The number of hydrogen-bond acceptors (Lipinski definition) is 5. The van der Waals surface area contributed by atoms with Gasteiger partial charge in [0.05, 0.1) is 12.0 Å². The normalized spacial score (nSPS) is 10.2. The molecule has 1 heterocycles. The number of nitrogens with zero attached hydrogens (tertiary/aromatic N) is 2. The van der Waals surface area contributed by atoms with Crippen molar-refractivity contribution in [3.63, 3.8) is 0 Å². The van der Waals surface area contributed by atoms with Crippen molar-refractivity contribution in [2.75, 3.05) is 0 Å². The quantitative estimate of drug-likeness (QED) is 0.641. The Morgan fingerprint density at radius 3 is 2.72 bits per heavy atom. The van der Waals surface area contributed by atoms with Gasteiger partial charge in [0, 0.05) is 12.3 Å². The Morgan fingerprint density at radius 1 is 1.21 bits per heavy atom. The molecule has 0 atom stereocenters. The molecular formula is C22H17FN2O4.